The van der Waals surface area contributed by atoms with Crippen LogP contribution in [0.1, 0.15) is 64.2 Å². The maximum atomic E-state index is 11.8. The van der Waals surface area contributed by atoms with Gasteiger partial charge in [0.05, 0.1) is 6.67 Å². The molecule has 0 aromatic rings. The Balaban J connectivity index is 1.36. The summed E-state index contributed by atoms with van der Waals surface area (Å²) in [6.07, 6.45) is 10.9. The van der Waals surface area contributed by atoms with E-state index in [1.165, 1.54) is 29.9 Å². The highest BCUT2D eigenvalue weighted by Gasteiger charge is 2.22. The van der Waals surface area contributed by atoms with Crippen LogP contribution >= 0.6 is 0 Å². The van der Waals surface area contributed by atoms with Gasteiger partial charge in [-0.2, -0.15) is 0 Å². The molecule has 2 aliphatic heterocycles. The second kappa shape index (κ2) is 13.1. The van der Waals surface area contributed by atoms with Crippen LogP contribution in [0.2, 0.25) is 0 Å². The highest BCUT2D eigenvalue weighted by atomic mass is 16.2. The topological polar surface area (TPSA) is 98.8 Å². The van der Waals surface area contributed by atoms with Crippen molar-refractivity contribution in [1.82, 2.24) is 20.4 Å². The summed E-state index contributed by atoms with van der Waals surface area (Å²) in [5.41, 5.74) is 0. The Kier molecular flexibility index (Phi) is 10.4. The van der Waals surface area contributed by atoms with E-state index in [-0.39, 0.29) is 23.6 Å². The molecule has 1 fully saturated rings. The van der Waals surface area contributed by atoms with Gasteiger partial charge < -0.3 is 10.6 Å². The van der Waals surface area contributed by atoms with Crippen LogP contribution < -0.4 is 10.6 Å². The smallest absolute Gasteiger partial charge is 0.253 e. The Morgan fingerprint density at radius 3 is 2.03 bits per heavy atom. The molecule has 0 radical (unpaired) electrons. The molecule has 2 N–H and O–H groups in total. The summed E-state index contributed by atoms with van der Waals surface area (Å²) in [5, 5.41) is 5.87. The molecule has 2 heterocycles. The SMILES string of the molecule is O=C(CCCCCN1C(=O)C=CC1=O)NCCCCCC(=O)NCN1CCCC1. The van der Waals surface area contributed by atoms with E-state index in [0.717, 1.165) is 45.2 Å². The zero-order valence-corrected chi connectivity index (χ0v) is 17.3. The molecule has 0 aliphatic carbocycles. The van der Waals surface area contributed by atoms with Gasteiger partial charge in [-0.1, -0.05) is 12.8 Å². The van der Waals surface area contributed by atoms with Crippen molar-refractivity contribution in [3.63, 3.8) is 0 Å². The van der Waals surface area contributed by atoms with E-state index < -0.39 is 0 Å². The lowest BCUT2D eigenvalue weighted by molar-refractivity contribution is -0.137. The zero-order chi connectivity index (χ0) is 20.9. The van der Waals surface area contributed by atoms with Crippen LogP contribution in [0, 0.1) is 0 Å². The molecular weight excluding hydrogens is 372 g/mol. The molecule has 0 saturated carbocycles. The van der Waals surface area contributed by atoms with Gasteiger partial charge in [0.25, 0.3) is 11.8 Å². The maximum Gasteiger partial charge on any atom is 0.253 e. The molecule has 2 rings (SSSR count). The first-order valence-electron chi connectivity index (χ1n) is 10.9. The Hall–Kier alpha value is -2.22. The number of amides is 4. The number of carbonyl (C=O) groups is 4. The van der Waals surface area contributed by atoms with Gasteiger partial charge in [0.2, 0.25) is 11.8 Å². The molecule has 1 saturated heterocycles. The zero-order valence-electron chi connectivity index (χ0n) is 17.3. The molecule has 8 nitrogen and oxygen atoms in total. The number of carbonyl (C=O) groups excluding carboxylic acids is 4. The van der Waals surface area contributed by atoms with Gasteiger partial charge in [-0.15, -0.1) is 0 Å². The van der Waals surface area contributed by atoms with Gasteiger partial charge in [0.1, 0.15) is 0 Å². The highest BCUT2D eigenvalue weighted by Crippen LogP contribution is 2.08. The van der Waals surface area contributed by atoms with E-state index in [2.05, 4.69) is 15.5 Å². The van der Waals surface area contributed by atoms with Gasteiger partial charge in [-0.05, 0) is 51.6 Å². The van der Waals surface area contributed by atoms with Gasteiger partial charge in [0, 0.05) is 38.1 Å². The van der Waals surface area contributed by atoms with Crippen molar-refractivity contribution in [2.75, 3.05) is 32.8 Å². The van der Waals surface area contributed by atoms with Crippen molar-refractivity contribution in [3.8, 4) is 0 Å². The van der Waals surface area contributed by atoms with Crippen molar-refractivity contribution in [1.29, 1.82) is 0 Å². The number of imide groups is 1. The van der Waals surface area contributed by atoms with Gasteiger partial charge >= 0.3 is 0 Å². The standard InChI is InChI=1S/C21H34N4O4/c26-18(9-4-2-6-16-25-20(28)11-12-21(25)29)22-13-5-1-3-10-19(27)23-17-24-14-7-8-15-24/h11-12H,1-10,13-17H2,(H,22,26)(H,23,27). The fourth-order valence-corrected chi connectivity index (χ4v) is 3.52. The first-order valence-corrected chi connectivity index (χ1v) is 10.9. The van der Waals surface area contributed by atoms with E-state index in [4.69, 9.17) is 0 Å². The number of rotatable bonds is 14. The number of hydrogen-bond donors (Lipinski definition) is 2. The highest BCUT2D eigenvalue weighted by molar-refractivity contribution is 6.12. The summed E-state index contributed by atoms with van der Waals surface area (Å²) in [7, 11) is 0. The molecule has 0 aromatic carbocycles. The lowest BCUT2D eigenvalue weighted by Gasteiger charge is -2.15. The normalized spacial score (nSPS) is 16.6. The molecule has 2 aliphatic rings. The second-order valence-corrected chi connectivity index (χ2v) is 7.72. The van der Waals surface area contributed by atoms with Crippen LogP contribution in [0.3, 0.4) is 0 Å². The average molecular weight is 407 g/mol. The van der Waals surface area contributed by atoms with Crippen LogP contribution in [0.25, 0.3) is 0 Å². The number of nitrogens with one attached hydrogen (secondary N) is 2. The van der Waals surface area contributed by atoms with Crippen LogP contribution in [-0.4, -0.2) is 66.3 Å². The lowest BCUT2D eigenvalue weighted by atomic mass is 10.1. The van der Waals surface area contributed by atoms with Crippen LogP contribution in [0.15, 0.2) is 12.2 Å². The van der Waals surface area contributed by atoms with E-state index in [0.29, 0.717) is 39.0 Å². The summed E-state index contributed by atoms with van der Waals surface area (Å²) in [5.74, 6) is -0.369. The van der Waals surface area contributed by atoms with Gasteiger partial charge in [-0.25, -0.2) is 0 Å². The Morgan fingerprint density at radius 1 is 0.793 bits per heavy atom. The second-order valence-electron chi connectivity index (χ2n) is 7.72. The number of nitrogens with zero attached hydrogens (tertiary/aromatic N) is 2. The van der Waals surface area contributed by atoms with E-state index >= 15 is 0 Å². The average Bonchev–Trinajstić information content (AvgIpc) is 3.33. The number of likely N-dealkylation sites (tertiary alicyclic amines) is 1. The predicted molar refractivity (Wildman–Crippen MR) is 110 cm³/mol. The first-order chi connectivity index (χ1) is 14.1. The Labute approximate surface area is 173 Å². The number of hydrogen-bond acceptors (Lipinski definition) is 5. The maximum absolute atomic E-state index is 11.8. The molecular formula is C21H34N4O4. The van der Waals surface area contributed by atoms with E-state index in [1.54, 1.807) is 0 Å². The van der Waals surface area contributed by atoms with Crippen molar-refractivity contribution >= 4 is 23.6 Å². The molecule has 0 unspecified atom stereocenters. The molecule has 0 aromatic heterocycles. The fraction of sp³-hybridized carbons (Fsp3) is 0.714. The summed E-state index contributed by atoms with van der Waals surface area (Å²) in [6.45, 7) is 3.87. The van der Waals surface area contributed by atoms with Gasteiger partial charge in [-0.3, -0.25) is 29.0 Å². The third-order valence-corrected chi connectivity index (χ3v) is 5.29. The van der Waals surface area contributed by atoms with Gasteiger partial charge in [0.15, 0.2) is 0 Å². The quantitative estimate of drug-likeness (QED) is 0.335. The van der Waals surface area contributed by atoms with Crippen molar-refractivity contribution in [3.05, 3.63) is 12.2 Å². The predicted octanol–water partition coefficient (Wildman–Crippen LogP) is 1.32. The molecule has 162 valence electrons. The Morgan fingerprint density at radius 2 is 1.38 bits per heavy atom. The van der Waals surface area contributed by atoms with E-state index in [9.17, 15) is 19.2 Å². The third-order valence-electron chi connectivity index (χ3n) is 5.29. The number of unbranched alkanes of at least 4 members (excludes halogenated alkanes) is 4. The van der Waals surface area contributed by atoms with Crippen LogP contribution in [0.5, 0.6) is 0 Å². The van der Waals surface area contributed by atoms with Crippen molar-refractivity contribution in [2.45, 2.75) is 64.2 Å². The fourth-order valence-electron chi connectivity index (χ4n) is 3.52. The minimum Gasteiger partial charge on any atom is -0.356 e. The molecule has 0 spiro atoms. The lowest BCUT2D eigenvalue weighted by Crippen LogP contribution is -2.35. The minimum absolute atomic E-state index is 0.0309. The summed E-state index contributed by atoms with van der Waals surface area (Å²) in [6, 6.07) is 0. The summed E-state index contributed by atoms with van der Waals surface area (Å²) in [4.78, 5) is 49.9. The van der Waals surface area contributed by atoms with Crippen molar-refractivity contribution < 1.29 is 19.2 Å². The van der Waals surface area contributed by atoms with Crippen LogP contribution in [0.4, 0.5) is 0 Å². The molecule has 0 bridgehead atoms. The Bertz CT molecular complexity index is 581. The minimum atomic E-state index is -0.253. The molecule has 8 heteroatoms. The summed E-state index contributed by atoms with van der Waals surface area (Å²) >= 11 is 0. The largest absolute Gasteiger partial charge is 0.356 e. The van der Waals surface area contributed by atoms with Crippen molar-refractivity contribution in [2.24, 2.45) is 0 Å². The van der Waals surface area contributed by atoms with E-state index in [1.807, 2.05) is 0 Å². The summed E-state index contributed by atoms with van der Waals surface area (Å²) < 4.78 is 0. The van der Waals surface area contributed by atoms with Crippen LogP contribution in [-0.2, 0) is 19.2 Å². The first kappa shape index (κ1) is 23.1. The molecule has 4 amide bonds. The molecule has 29 heavy (non-hydrogen) atoms. The monoisotopic (exact) mass is 406 g/mol. The third kappa shape index (κ3) is 9.21. The molecule has 0 atom stereocenters.